The Morgan fingerprint density at radius 2 is 1.60 bits per heavy atom. The highest BCUT2D eigenvalue weighted by molar-refractivity contribution is 6.53. The first-order valence-electron chi connectivity index (χ1n) is 7.51. The molecule has 2 rings (SSSR count). The highest BCUT2D eigenvalue weighted by Crippen LogP contribution is 2.39. The van der Waals surface area contributed by atoms with Crippen LogP contribution in [0.5, 0.6) is 0 Å². The van der Waals surface area contributed by atoms with Gasteiger partial charge >= 0.3 is 7.12 Å². The van der Waals surface area contributed by atoms with E-state index in [1.807, 2.05) is 34.6 Å². The Morgan fingerprint density at radius 1 is 1.10 bits per heavy atom. The fourth-order valence-electron chi connectivity index (χ4n) is 2.63. The molecule has 0 N–H and O–H groups in total. The van der Waals surface area contributed by atoms with Gasteiger partial charge in [-0.2, -0.15) is 0 Å². The maximum Gasteiger partial charge on any atom is 0.525 e. The van der Waals surface area contributed by atoms with Crippen molar-refractivity contribution < 1.29 is 18.4 Å². The van der Waals surface area contributed by atoms with Crippen LogP contribution in [-0.2, 0) is 14.0 Å². The van der Waals surface area contributed by atoms with Gasteiger partial charge in [-0.1, -0.05) is 0 Å². The number of ether oxygens (including phenoxy) is 1. The summed E-state index contributed by atoms with van der Waals surface area (Å²) in [6, 6.07) is 0. The molecule has 0 aromatic carbocycles. The Bertz CT molecular complexity index is 371. The fourth-order valence-corrected chi connectivity index (χ4v) is 2.63. The van der Waals surface area contributed by atoms with E-state index in [0.29, 0.717) is 5.92 Å². The minimum Gasteiger partial charge on any atom is -0.398 e. The number of allylic oxidation sites excluding steroid dienone is 1. The molecule has 0 spiro atoms. The molecule has 2 aliphatic rings. The van der Waals surface area contributed by atoms with Crippen LogP contribution in [0, 0.1) is 5.92 Å². The fraction of sp³-hybridized carbons (Fsp3) is 0.867. The molecule has 114 valence electrons. The average molecular weight is 284 g/mol. The van der Waals surface area contributed by atoms with E-state index >= 15 is 0 Å². The summed E-state index contributed by atoms with van der Waals surface area (Å²) in [6.45, 7) is 11.2. The largest absolute Gasteiger partial charge is 0.525 e. The third kappa shape index (κ3) is 3.26. The van der Waals surface area contributed by atoms with E-state index in [4.69, 9.17) is 14.0 Å². The lowest BCUT2D eigenvalue weighted by Gasteiger charge is -2.32. The molecule has 0 bridgehead atoms. The van der Waals surface area contributed by atoms with E-state index in [2.05, 4.69) is 0 Å². The summed E-state index contributed by atoms with van der Waals surface area (Å²) in [5, 5.41) is 0. The van der Waals surface area contributed by atoms with E-state index in [0.717, 1.165) is 38.0 Å². The molecule has 2 fully saturated rings. The molecular formula is C15H26BFO3. The van der Waals surface area contributed by atoms with Gasteiger partial charge in [-0.05, 0) is 65.4 Å². The minimum atomic E-state index is -0.861. The van der Waals surface area contributed by atoms with E-state index in [1.54, 1.807) is 0 Å². The first-order chi connectivity index (χ1) is 9.23. The number of hydrogen-bond acceptors (Lipinski definition) is 3. The van der Waals surface area contributed by atoms with Crippen LogP contribution >= 0.6 is 0 Å². The van der Waals surface area contributed by atoms with Gasteiger partial charge in [0.15, 0.2) is 0 Å². The molecule has 2 aliphatic heterocycles. The lowest BCUT2D eigenvalue weighted by atomic mass is 9.81. The van der Waals surface area contributed by atoms with Gasteiger partial charge in [-0.15, -0.1) is 0 Å². The van der Waals surface area contributed by atoms with Crippen molar-refractivity contribution in [3.63, 3.8) is 0 Å². The van der Waals surface area contributed by atoms with E-state index in [-0.39, 0.29) is 5.73 Å². The monoisotopic (exact) mass is 284 g/mol. The first kappa shape index (κ1) is 16.0. The molecular weight excluding hydrogens is 258 g/mol. The lowest BCUT2D eigenvalue weighted by Crippen LogP contribution is -2.41. The molecule has 3 nitrogen and oxygen atoms in total. The Morgan fingerprint density at radius 3 is 2.10 bits per heavy atom. The summed E-state index contributed by atoms with van der Waals surface area (Å²) >= 11 is 0. The third-order valence-electron chi connectivity index (χ3n) is 4.80. The van der Waals surface area contributed by atoms with Crippen molar-refractivity contribution in [2.45, 2.75) is 65.1 Å². The highest BCUT2D eigenvalue weighted by Gasteiger charge is 2.53. The number of rotatable bonds is 3. The number of hydrogen-bond donors (Lipinski definition) is 0. The smallest absolute Gasteiger partial charge is 0.398 e. The number of halogens is 1. The molecule has 0 saturated carbocycles. The second kappa shape index (κ2) is 5.78. The van der Waals surface area contributed by atoms with Crippen molar-refractivity contribution in [1.82, 2.24) is 0 Å². The summed E-state index contributed by atoms with van der Waals surface area (Å²) in [5.74, 6) is 0.511. The normalized spacial score (nSPS) is 27.6. The first-order valence-corrected chi connectivity index (χ1v) is 7.51. The zero-order chi connectivity index (χ0) is 15.0. The molecule has 0 aromatic rings. The third-order valence-corrected chi connectivity index (χ3v) is 4.80. The van der Waals surface area contributed by atoms with Crippen LogP contribution in [0.2, 0.25) is 0 Å². The standard InChI is InChI=1S/C15H26BFO3/c1-11(10-12-6-8-18-9-7-12)13(17)16-19-14(2,3)15(4,5)20-16/h12H,6-10H2,1-5H3. The van der Waals surface area contributed by atoms with E-state index in [1.165, 1.54) is 0 Å². The van der Waals surface area contributed by atoms with Crippen LogP contribution in [-0.4, -0.2) is 31.5 Å². The Labute approximate surface area is 122 Å². The Balaban J connectivity index is 2.02. The van der Waals surface area contributed by atoms with Crippen LogP contribution in [0.25, 0.3) is 0 Å². The average Bonchev–Trinajstić information content (AvgIpc) is 2.58. The summed E-state index contributed by atoms with van der Waals surface area (Å²) in [5.41, 5.74) is -0.493. The minimum absolute atomic E-state index is 0.254. The van der Waals surface area contributed by atoms with Crippen molar-refractivity contribution >= 4 is 7.12 Å². The van der Waals surface area contributed by atoms with Crippen LogP contribution < -0.4 is 0 Å². The van der Waals surface area contributed by atoms with Gasteiger partial charge in [0.05, 0.1) is 11.2 Å². The second-order valence-corrected chi connectivity index (χ2v) is 6.98. The van der Waals surface area contributed by atoms with Crippen molar-refractivity contribution in [3.8, 4) is 0 Å². The predicted octanol–water partition coefficient (Wildman–Crippen LogP) is 3.68. The molecule has 5 heteroatoms. The van der Waals surface area contributed by atoms with Gasteiger partial charge in [0.25, 0.3) is 0 Å². The predicted molar refractivity (Wildman–Crippen MR) is 78.1 cm³/mol. The zero-order valence-corrected chi connectivity index (χ0v) is 13.3. The second-order valence-electron chi connectivity index (χ2n) is 6.98. The molecule has 0 amide bonds. The van der Waals surface area contributed by atoms with Crippen molar-refractivity contribution in [2.75, 3.05) is 13.2 Å². The summed E-state index contributed by atoms with van der Waals surface area (Å²) in [4.78, 5) is 0. The van der Waals surface area contributed by atoms with Crippen molar-refractivity contribution in [2.24, 2.45) is 5.92 Å². The maximum atomic E-state index is 14.5. The van der Waals surface area contributed by atoms with Crippen LogP contribution in [0.4, 0.5) is 4.39 Å². The van der Waals surface area contributed by atoms with Crippen LogP contribution in [0.3, 0.4) is 0 Å². The van der Waals surface area contributed by atoms with E-state index in [9.17, 15) is 4.39 Å². The Hall–Kier alpha value is -0.385. The topological polar surface area (TPSA) is 27.7 Å². The van der Waals surface area contributed by atoms with Crippen LogP contribution in [0.15, 0.2) is 11.3 Å². The van der Waals surface area contributed by atoms with E-state index < -0.39 is 18.3 Å². The van der Waals surface area contributed by atoms with Crippen molar-refractivity contribution in [1.29, 1.82) is 0 Å². The van der Waals surface area contributed by atoms with Crippen molar-refractivity contribution in [3.05, 3.63) is 11.3 Å². The summed E-state index contributed by atoms with van der Waals surface area (Å²) < 4.78 is 31.4. The molecule has 2 heterocycles. The lowest BCUT2D eigenvalue weighted by molar-refractivity contribution is 0.00578. The molecule has 20 heavy (non-hydrogen) atoms. The van der Waals surface area contributed by atoms with Gasteiger partial charge in [-0.25, -0.2) is 4.39 Å². The van der Waals surface area contributed by atoms with Gasteiger partial charge in [-0.3, -0.25) is 0 Å². The zero-order valence-electron chi connectivity index (χ0n) is 13.3. The quantitative estimate of drug-likeness (QED) is 0.740. The van der Waals surface area contributed by atoms with Gasteiger partial charge in [0, 0.05) is 13.2 Å². The molecule has 0 radical (unpaired) electrons. The van der Waals surface area contributed by atoms with Gasteiger partial charge in [0.1, 0.15) is 5.73 Å². The van der Waals surface area contributed by atoms with Crippen LogP contribution in [0.1, 0.15) is 53.9 Å². The van der Waals surface area contributed by atoms with Gasteiger partial charge in [0.2, 0.25) is 0 Å². The van der Waals surface area contributed by atoms with Gasteiger partial charge < -0.3 is 14.0 Å². The maximum absolute atomic E-state index is 14.5. The molecule has 0 unspecified atom stereocenters. The summed E-state index contributed by atoms with van der Waals surface area (Å²) in [7, 11) is -0.861. The highest BCUT2D eigenvalue weighted by atomic mass is 19.1. The molecule has 2 saturated heterocycles. The molecule has 0 aliphatic carbocycles. The Kier molecular flexibility index (Phi) is 4.62. The molecule has 0 atom stereocenters. The SMILES string of the molecule is CC(CC1CCOCC1)=C(F)B1OC(C)(C)C(C)(C)O1. The molecule has 0 aromatic heterocycles. The summed E-state index contributed by atoms with van der Waals surface area (Å²) in [6.07, 6.45) is 2.78.